The fraction of sp³-hybridized carbons (Fsp3) is 0.389. The summed E-state index contributed by atoms with van der Waals surface area (Å²) in [4.78, 5) is 14.3. The van der Waals surface area contributed by atoms with E-state index in [4.69, 9.17) is 4.42 Å². The van der Waals surface area contributed by atoms with Crippen LogP contribution in [0.3, 0.4) is 0 Å². The van der Waals surface area contributed by atoms with Crippen LogP contribution in [-0.4, -0.2) is 17.9 Å². The standard InChI is InChI=1S/C18H23NO2/c1-6-15-7-9-16(10-8-15)11-19(5)18(20)17-12(2)13(3)21-14(17)4/h7-10H,6,11H2,1-5H3. The number of hydrogen-bond donors (Lipinski definition) is 0. The van der Waals surface area contributed by atoms with Crippen molar-refractivity contribution in [3.63, 3.8) is 0 Å². The molecule has 3 heteroatoms. The van der Waals surface area contributed by atoms with Crippen molar-refractivity contribution in [3.05, 3.63) is 58.0 Å². The lowest BCUT2D eigenvalue weighted by atomic mass is 10.1. The largest absolute Gasteiger partial charge is 0.466 e. The van der Waals surface area contributed by atoms with E-state index in [1.165, 1.54) is 5.56 Å². The van der Waals surface area contributed by atoms with E-state index in [1.54, 1.807) is 4.90 Å². The van der Waals surface area contributed by atoms with Crippen LogP contribution < -0.4 is 0 Å². The second kappa shape index (κ2) is 6.17. The van der Waals surface area contributed by atoms with E-state index in [9.17, 15) is 4.79 Å². The molecule has 0 unspecified atom stereocenters. The number of carbonyl (C=O) groups excluding carboxylic acids is 1. The fourth-order valence-corrected chi connectivity index (χ4v) is 2.53. The number of nitrogens with zero attached hydrogens (tertiary/aromatic N) is 1. The van der Waals surface area contributed by atoms with Crippen LogP contribution in [0.25, 0.3) is 0 Å². The summed E-state index contributed by atoms with van der Waals surface area (Å²) in [5, 5.41) is 0. The first kappa shape index (κ1) is 15.4. The first-order valence-electron chi connectivity index (χ1n) is 7.34. The molecule has 0 radical (unpaired) electrons. The van der Waals surface area contributed by atoms with E-state index in [1.807, 2.05) is 27.8 Å². The Labute approximate surface area is 126 Å². The smallest absolute Gasteiger partial charge is 0.257 e. The Kier molecular flexibility index (Phi) is 4.51. The first-order valence-corrected chi connectivity index (χ1v) is 7.34. The molecule has 1 heterocycles. The zero-order chi connectivity index (χ0) is 15.6. The Balaban J connectivity index is 2.15. The Morgan fingerprint density at radius 3 is 2.10 bits per heavy atom. The molecule has 0 N–H and O–H groups in total. The molecule has 0 saturated heterocycles. The van der Waals surface area contributed by atoms with Crippen LogP contribution in [0.1, 0.15) is 45.5 Å². The number of aryl methyl sites for hydroxylation is 3. The summed E-state index contributed by atoms with van der Waals surface area (Å²) in [7, 11) is 1.83. The number of rotatable bonds is 4. The highest BCUT2D eigenvalue weighted by Gasteiger charge is 2.21. The minimum absolute atomic E-state index is 0.0152. The highest BCUT2D eigenvalue weighted by Crippen LogP contribution is 2.22. The molecule has 0 aliphatic rings. The summed E-state index contributed by atoms with van der Waals surface area (Å²) in [6.45, 7) is 8.41. The van der Waals surface area contributed by atoms with Crippen molar-refractivity contribution < 1.29 is 9.21 Å². The van der Waals surface area contributed by atoms with E-state index < -0.39 is 0 Å². The van der Waals surface area contributed by atoms with Crippen LogP contribution in [0, 0.1) is 20.8 Å². The Morgan fingerprint density at radius 1 is 1.05 bits per heavy atom. The van der Waals surface area contributed by atoms with Crippen LogP contribution in [0.5, 0.6) is 0 Å². The Bertz CT molecular complexity index is 638. The van der Waals surface area contributed by atoms with Crippen molar-refractivity contribution in [2.75, 3.05) is 7.05 Å². The van der Waals surface area contributed by atoms with Gasteiger partial charge in [-0.25, -0.2) is 0 Å². The molecule has 2 rings (SSSR count). The highest BCUT2D eigenvalue weighted by atomic mass is 16.3. The van der Waals surface area contributed by atoms with Crippen molar-refractivity contribution in [1.29, 1.82) is 0 Å². The second-order valence-electron chi connectivity index (χ2n) is 5.55. The maximum Gasteiger partial charge on any atom is 0.257 e. The SMILES string of the molecule is CCc1ccc(CN(C)C(=O)c2c(C)oc(C)c2C)cc1. The van der Waals surface area contributed by atoms with E-state index in [-0.39, 0.29) is 5.91 Å². The van der Waals surface area contributed by atoms with E-state index in [0.29, 0.717) is 17.9 Å². The van der Waals surface area contributed by atoms with Gasteiger partial charge in [0, 0.05) is 19.2 Å². The molecule has 0 saturated carbocycles. The van der Waals surface area contributed by atoms with Crippen LogP contribution in [-0.2, 0) is 13.0 Å². The molecule has 1 aromatic carbocycles. The Hall–Kier alpha value is -2.03. The monoisotopic (exact) mass is 285 g/mol. The zero-order valence-electron chi connectivity index (χ0n) is 13.5. The topological polar surface area (TPSA) is 33.5 Å². The zero-order valence-corrected chi connectivity index (χ0v) is 13.5. The van der Waals surface area contributed by atoms with Crippen molar-refractivity contribution in [3.8, 4) is 0 Å². The average Bonchev–Trinajstić information content (AvgIpc) is 2.72. The van der Waals surface area contributed by atoms with Crippen LogP contribution in [0.2, 0.25) is 0 Å². The van der Waals surface area contributed by atoms with Crippen LogP contribution in [0.4, 0.5) is 0 Å². The third-order valence-corrected chi connectivity index (χ3v) is 3.97. The molecule has 1 aromatic heterocycles. The fourth-order valence-electron chi connectivity index (χ4n) is 2.53. The van der Waals surface area contributed by atoms with Gasteiger partial charge < -0.3 is 9.32 Å². The minimum Gasteiger partial charge on any atom is -0.466 e. The molecular formula is C18H23NO2. The molecule has 0 atom stereocenters. The summed E-state index contributed by atoms with van der Waals surface area (Å²) in [6, 6.07) is 8.41. The third-order valence-electron chi connectivity index (χ3n) is 3.97. The van der Waals surface area contributed by atoms with Gasteiger partial charge in [-0.1, -0.05) is 31.2 Å². The van der Waals surface area contributed by atoms with Gasteiger partial charge >= 0.3 is 0 Å². The lowest BCUT2D eigenvalue weighted by molar-refractivity contribution is 0.0782. The molecular weight excluding hydrogens is 262 g/mol. The first-order chi connectivity index (χ1) is 9.93. The molecule has 0 aliphatic heterocycles. The summed E-state index contributed by atoms with van der Waals surface area (Å²) in [5.41, 5.74) is 4.08. The normalized spacial score (nSPS) is 10.7. The van der Waals surface area contributed by atoms with Crippen LogP contribution in [0.15, 0.2) is 28.7 Å². The van der Waals surface area contributed by atoms with Gasteiger partial charge in [-0.05, 0) is 38.3 Å². The summed E-state index contributed by atoms with van der Waals surface area (Å²) in [6.07, 6.45) is 1.03. The molecule has 21 heavy (non-hydrogen) atoms. The predicted octanol–water partition coefficient (Wildman–Crippen LogP) is 4.04. The molecule has 112 valence electrons. The number of hydrogen-bond acceptors (Lipinski definition) is 2. The van der Waals surface area contributed by atoms with Gasteiger partial charge in [0.1, 0.15) is 11.5 Å². The predicted molar refractivity (Wildman–Crippen MR) is 84.5 cm³/mol. The molecule has 0 aliphatic carbocycles. The molecule has 0 bridgehead atoms. The quantitative estimate of drug-likeness (QED) is 0.849. The van der Waals surface area contributed by atoms with Crippen molar-refractivity contribution in [2.45, 2.75) is 40.7 Å². The molecule has 0 fully saturated rings. The number of furan rings is 1. The van der Waals surface area contributed by atoms with E-state index in [0.717, 1.165) is 23.3 Å². The Morgan fingerprint density at radius 2 is 1.62 bits per heavy atom. The van der Waals surface area contributed by atoms with Gasteiger partial charge in [-0.15, -0.1) is 0 Å². The number of carbonyl (C=O) groups is 1. The summed E-state index contributed by atoms with van der Waals surface area (Å²) >= 11 is 0. The maximum absolute atomic E-state index is 12.6. The summed E-state index contributed by atoms with van der Waals surface area (Å²) in [5.74, 6) is 1.53. The number of benzene rings is 1. The van der Waals surface area contributed by atoms with Gasteiger partial charge in [0.15, 0.2) is 0 Å². The van der Waals surface area contributed by atoms with E-state index in [2.05, 4.69) is 31.2 Å². The van der Waals surface area contributed by atoms with Gasteiger partial charge in [0.25, 0.3) is 5.91 Å². The van der Waals surface area contributed by atoms with Gasteiger partial charge in [0.05, 0.1) is 5.56 Å². The molecule has 2 aromatic rings. The minimum atomic E-state index is 0.0152. The highest BCUT2D eigenvalue weighted by molar-refractivity contribution is 5.96. The van der Waals surface area contributed by atoms with Gasteiger partial charge in [0.2, 0.25) is 0 Å². The lowest BCUT2D eigenvalue weighted by Gasteiger charge is -2.17. The second-order valence-corrected chi connectivity index (χ2v) is 5.55. The summed E-state index contributed by atoms with van der Waals surface area (Å²) < 4.78 is 5.55. The van der Waals surface area contributed by atoms with Crippen molar-refractivity contribution >= 4 is 5.91 Å². The van der Waals surface area contributed by atoms with Crippen molar-refractivity contribution in [1.82, 2.24) is 4.90 Å². The van der Waals surface area contributed by atoms with Crippen LogP contribution >= 0.6 is 0 Å². The lowest BCUT2D eigenvalue weighted by Crippen LogP contribution is -2.27. The molecule has 1 amide bonds. The van der Waals surface area contributed by atoms with E-state index >= 15 is 0 Å². The number of amides is 1. The average molecular weight is 285 g/mol. The molecule has 0 spiro atoms. The molecule has 3 nitrogen and oxygen atoms in total. The maximum atomic E-state index is 12.6. The van der Waals surface area contributed by atoms with Crippen molar-refractivity contribution in [2.24, 2.45) is 0 Å². The van der Waals surface area contributed by atoms with Gasteiger partial charge in [-0.2, -0.15) is 0 Å². The third kappa shape index (κ3) is 3.18. The van der Waals surface area contributed by atoms with Gasteiger partial charge in [-0.3, -0.25) is 4.79 Å².